The summed E-state index contributed by atoms with van der Waals surface area (Å²) in [4.78, 5) is 18.1. The first-order chi connectivity index (χ1) is 9.93. The van der Waals surface area contributed by atoms with Gasteiger partial charge in [0.05, 0.1) is 22.3 Å². The Morgan fingerprint density at radius 1 is 1.57 bits per heavy atom. The van der Waals surface area contributed by atoms with Gasteiger partial charge in [0, 0.05) is 18.8 Å². The van der Waals surface area contributed by atoms with Crippen molar-refractivity contribution in [1.29, 1.82) is 0 Å². The highest BCUT2D eigenvalue weighted by Crippen LogP contribution is 2.25. The average molecular weight is 349 g/mol. The molecule has 0 aromatic carbocycles. The maximum Gasteiger partial charge on any atom is 0.233 e. The van der Waals surface area contributed by atoms with E-state index in [1.54, 1.807) is 23.2 Å². The lowest BCUT2D eigenvalue weighted by Gasteiger charge is -2.26. The molecular weight excluding hydrogens is 332 g/mol. The van der Waals surface area contributed by atoms with Crippen molar-refractivity contribution >= 4 is 39.1 Å². The van der Waals surface area contributed by atoms with Crippen molar-refractivity contribution in [3.8, 4) is 0 Å². The van der Waals surface area contributed by atoms with Crippen molar-refractivity contribution in [3.05, 3.63) is 23.4 Å². The lowest BCUT2D eigenvalue weighted by Crippen LogP contribution is -2.41. The maximum absolute atomic E-state index is 12.3. The van der Waals surface area contributed by atoms with E-state index in [2.05, 4.69) is 4.98 Å². The summed E-state index contributed by atoms with van der Waals surface area (Å²) in [5.41, 5.74) is 0. The summed E-state index contributed by atoms with van der Waals surface area (Å²) in [6.07, 6.45) is 2.15. The van der Waals surface area contributed by atoms with E-state index in [9.17, 15) is 13.2 Å². The van der Waals surface area contributed by atoms with Crippen LogP contribution in [0.25, 0.3) is 0 Å². The molecule has 1 aliphatic heterocycles. The highest BCUT2D eigenvalue weighted by Gasteiger charge is 2.33. The number of aromatic nitrogens is 1. The first-order valence-electron chi connectivity index (χ1n) is 6.66. The van der Waals surface area contributed by atoms with Crippen LogP contribution in [0.2, 0.25) is 5.02 Å². The second kappa shape index (κ2) is 6.98. The van der Waals surface area contributed by atoms with Gasteiger partial charge >= 0.3 is 0 Å². The molecule has 21 heavy (non-hydrogen) atoms. The number of halogens is 1. The van der Waals surface area contributed by atoms with Gasteiger partial charge in [0.2, 0.25) is 5.91 Å². The van der Waals surface area contributed by atoms with Crippen LogP contribution in [0.15, 0.2) is 23.4 Å². The topological polar surface area (TPSA) is 67.3 Å². The van der Waals surface area contributed by atoms with E-state index in [4.69, 9.17) is 11.6 Å². The molecule has 5 nitrogen and oxygen atoms in total. The van der Waals surface area contributed by atoms with Crippen molar-refractivity contribution in [2.75, 3.05) is 23.8 Å². The van der Waals surface area contributed by atoms with Crippen molar-refractivity contribution in [2.45, 2.75) is 24.4 Å². The van der Waals surface area contributed by atoms with Crippen LogP contribution in [0.1, 0.15) is 13.3 Å². The predicted molar refractivity (Wildman–Crippen MR) is 84.4 cm³/mol. The summed E-state index contributed by atoms with van der Waals surface area (Å²) in [5, 5.41) is 1.13. The molecule has 0 saturated carbocycles. The Kier molecular flexibility index (Phi) is 5.51. The van der Waals surface area contributed by atoms with E-state index < -0.39 is 9.84 Å². The predicted octanol–water partition coefficient (Wildman–Crippen LogP) is 1.86. The summed E-state index contributed by atoms with van der Waals surface area (Å²) in [6.45, 7) is 2.37. The van der Waals surface area contributed by atoms with Gasteiger partial charge in [-0.25, -0.2) is 13.4 Å². The van der Waals surface area contributed by atoms with Crippen LogP contribution in [-0.2, 0) is 14.6 Å². The summed E-state index contributed by atoms with van der Waals surface area (Å²) < 4.78 is 23.1. The van der Waals surface area contributed by atoms with Crippen molar-refractivity contribution in [3.63, 3.8) is 0 Å². The number of thioether (sulfide) groups is 1. The van der Waals surface area contributed by atoms with Gasteiger partial charge in [0.25, 0.3) is 0 Å². The van der Waals surface area contributed by atoms with Crippen LogP contribution in [0, 0.1) is 0 Å². The normalized spacial score (nSPS) is 20.4. The summed E-state index contributed by atoms with van der Waals surface area (Å²) >= 11 is 7.27. The molecule has 0 bridgehead atoms. The third-order valence-corrected chi connectivity index (χ3v) is 6.52. The number of amides is 1. The Labute approximate surface area is 134 Å². The average Bonchev–Trinajstić information content (AvgIpc) is 2.79. The molecule has 1 aliphatic rings. The van der Waals surface area contributed by atoms with E-state index >= 15 is 0 Å². The Balaban J connectivity index is 1.97. The molecule has 2 rings (SSSR count). The number of sulfone groups is 1. The van der Waals surface area contributed by atoms with Crippen molar-refractivity contribution in [1.82, 2.24) is 9.88 Å². The van der Waals surface area contributed by atoms with Crippen LogP contribution in [0.4, 0.5) is 0 Å². The lowest BCUT2D eigenvalue weighted by atomic mass is 10.2. The quantitative estimate of drug-likeness (QED) is 0.760. The van der Waals surface area contributed by atoms with E-state index in [-0.39, 0.29) is 29.2 Å². The standard InChI is InChI=1S/C13H17ClN2O3S2/c1-2-16(10-5-7-21(18,19)9-10)12(17)8-20-13-11(14)4-3-6-15-13/h3-4,6,10H,2,5,7-9H2,1H3. The molecular formula is C13H17ClN2O3S2. The van der Waals surface area contributed by atoms with Gasteiger partial charge in [-0.1, -0.05) is 23.4 Å². The van der Waals surface area contributed by atoms with Gasteiger partial charge < -0.3 is 4.90 Å². The largest absolute Gasteiger partial charge is 0.338 e. The molecule has 1 saturated heterocycles. The fourth-order valence-electron chi connectivity index (χ4n) is 2.35. The number of carbonyl (C=O) groups is 1. The van der Waals surface area contributed by atoms with Gasteiger partial charge in [-0.3, -0.25) is 4.79 Å². The first kappa shape index (κ1) is 16.6. The number of carbonyl (C=O) groups excluding carboxylic acids is 1. The third kappa shape index (κ3) is 4.34. The number of nitrogens with zero attached hydrogens (tertiary/aromatic N) is 2. The molecule has 1 amide bonds. The molecule has 1 aromatic rings. The minimum absolute atomic E-state index is 0.0710. The lowest BCUT2D eigenvalue weighted by molar-refractivity contribution is -0.129. The molecule has 0 radical (unpaired) electrons. The SMILES string of the molecule is CCN(C(=O)CSc1ncccc1Cl)C1CCS(=O)(=O)C1. The summed E-state index contributed by atoms with van der Waals surface area (Å²) in [7, 11) is -2.99. The van der Waals surface area contributed by atoms with E-state index in [0.717, 1.165) is 0 Å². The van der Waals surface area contributed by atoms with Crippen LogP contribution in [-0.4, -0.2) is 54.1 Å². The molecule has 1 unspecified atom stereocenters. The third-order valence-electron chi connectivity index (χ3n) is 3.37. The molecule has 1 fully saturated rings. The minimum Gasteiger partial charge on any atom is -0.338 e. The smallest absolute Gasteiger partial charge is 0.233 e. The number of pyridine rings is 1. The first-order valence-corrected chi connectivity index (χ1v) is 9.84. The van der Waals surface area contributed by atoms with E-state index in [1.165, 1.54) is 11.8 Å². The number of rotatable bonds is 5. The molecule has 1 atom stereocenters. The monoisotopic (exact) mass is 348 g/mol. The molecule has 0 N–H and O–H groups in total. The fraction of sp³-hybridized carbons (Fsp3) is 0.538. The van der Waals surface area contributed by atoms with Crippen LogP contribution in [0.3, 0.4) is 0 Å². The zero-order valence-corrected chi connectivity index (χ0v) is 14.0. The molecule has 0 spiro atoms. The molecule has 2 heterocycles. The van der Waals surface area contributed by atoms with E-state index in [0.29, 0.717) is 23.0 Å². The van der Waals surface area contributed by atoms with Crippen LogP contribution >= 0.6 is 23.4 Å². The Morgan fingerprint density at radius 2 is 2.33 bits per heavy atom. The van der Waals surface area contributed by atoms with E-state index in [1.807, 2.05) is 6.92 Å². The Hall–Kier alpha value is -0.790. The maximum atomic E-state index is 12.3. The minimum atomic E-state index is -2.99. The number of hydrogen-bond acceptors (Lipinski definition) is 5. The molecule has 1 aromatic heterocycles. The summed E-state index contributed by atoms with van der Waals surface area (Å²) in [5.74, 6) is 0.370. The fourth-order valence-corrected chi connectivity index (χ4v) is 5.13. The molecule has 0 aliphatic carbocycles. The molecule has 8 heteroatoms. The van der Waals surface area contributed by atoms with Gasteiger partial charge in [0.1, 0.15) is 5.03 Å². The highest BCUT2D eigenvalue weighted by atomic mass is 35.5. The van der Waals surface area contributed by atoms with Crippen molar-refractivity contribution in [2.24, 2.45) is 0 Å². The number of hydrogen-bond donors (Lipinski definition) is 0. The second-order valence-corrected chi connectivity index (χ2v) is 8.42. The zero-order chi connectivity index (χ0) is 15.5. The van der Waals surface area contributed by atoms with Gasteiger partial charge in [-0.2, -0.15) is 0 Å². The Morgan fingerprint density at radius 3 is 2.90 bits per heavy atom. The van der Waals surface area contributed by atoms with Gasteiger partial charge in [-0.15, -0.1) is 0 Å². The second-order valence-electron chi connectivity index (χ2n) is 4.82. The van der Waals surface area contributed by atoms with Crippen molar-refractivity contribution < 1.29 is 13.2 Å². The van der Waals surface area contributed by atoms with Crippen LogP contribution < -0.4 is 0 Å². The molecule has 116 valence electrons. The highest BCUT2D eigenvalue weighted by molar-refractivity contribution is 8.00. The summed E-state index contributed by atoms with van der Waals surface area (Å²) in [6, 6.07) is 3.26. The van der Waals surface area contributed by atoms with Gasteiger partial charge in [0.15, 0.2) is 9.84 Å². The Bertz CT molecular complexity index is 622. The van der Waals surface area contributed by atoms with Crippen LogP contribution in [0.5, 0.6) is 0 Å². The zero-order valence-electron chi connectivity index (χ0n) is 11.7. The van der Waals surface area contributed by atoms with Gasteiger partial charge in [-0.05, 0) is 25.5 Å².